The molecule has 39 heavy (non-hydrogen) atoms. The van der Waals surface area contributed by atoms with Gasteiger partial charge in [0.2, 0.25) is 5.91 Å². The van der Waals surface area contributed by atoms with Gasteiger partial charge in [0.05, 0.1) is 12.4 Å². The van der Waals surface area contributed by atoms with Crippen LogP contribution in [0.15, 0.2) is 115 Å². The third kappa shape index (κ3) is 5.18. The fraction of sp³-hybridized carbons (Fsp3) is 0.156. The summed E-state index contributed by atoms with van der Waals surface area (Å²) in [5.41, 5.74) is 2.24. The molecule has 0 aromatic heterocycles. The van der Waals surface area contributed by atoms with Crippen molar-refractivity contribution in [2.75, 3.05) is 13.7 Å². The summed E-state index contributed by atoms with van der Waals surface area (Å²) in [6.07, 6.45) is 0.372. The smallest absolute Gasteiger partial charge is 0.343 e. The van der Waals surface area contributed by atoms with Crippen LogP contribution in [0.1, 0.15) is 22.3 Å². The number of hydrogen-bond acceptors (Lipinski definition) is 6. The summed E-state index contributed by atoms with van der Waals surface area (Å²) >= 11 is 1.05. The molecule has 0 bridgehead atoms. The van der Waals surface area contributed by atoms with Crippen LogP contribution in [0.2, 0.25) is 0 Å². The fourth-order valence-electron chi connectivity index (χ4n) is 4.95. The maximum atomic E-state index is 14.2. The lowest BCUT2D eigenvalue weighted by molar-refractivity contribution is -0.143. The Morgan fingerprint density at radius 1 is 0.769 bits per heavy atom. The lowest BCUT2D eigenvalue weighted by Crippen LogP contribution is -2.51. The topological polar surface area (TPSA) is 72.9 Å². The number of hydrogen-bond donors (Lipinski definition) is 0. The summed E-state index contributed by atoms with van der Waals surface area (Å²) < 4.78 is 10.0. The summed E-state index contributed by atoms with van der Waals surface area (Å²) in [5.74, 6) is -0.194. The molecule has 2 amide bonds. The number of imide groups is 1. The maximum Gasteiger partial charge on any atom is 0.343 e. The van der Waals surface area contributed by atoms with Crippen LogP contribution < -0.4 is 4.74 Å². The SMILES string of the molecule is COC(=O)COc1ccc(CC2SC(=O)N(C(c3ccccc3)(c3ccccc3)c3ccccc3)C2=O)cc1. The molecule has 1 unspecified atom stereocenters. The molecule has 5 rings (SSSR count). The van der Waals surface area contributed by atoms with Crippen molar-refractivity contribution >= 4 is 28.9 Å². The van der Waals surface area contributed by atoms with Crippen LogP contribution in [0.3, 0.4) is 0 Å². The van der Waals surface area contributed by atoms with Gasteiger partial charge in [-0.2, -0.15) is 0 Å². The molecule has 1 heterocycles. The van der Waals surface area contributed by atoms with Crippen molar-refractivity contribution in [2.45, 2.75) is 17.2 Å². The van der Waals surface area contributed by atoms with E-state index in [9.17, 15) is 14.4 Å². The lowest BCUT2D eigenvalue weighted by Gasteiger charge is -2.42. The second kappa shape index (κ2) is 11.6. The molecule has 6 nitrogen and oxygen atoms in total. The monoisotopic (exact) mass is 537 g/mol. The first-order valence-corrected chi connectivity index (χ1v) is 13.4. The number of carbonyl (C=O) groups is 3. The second-order valence-corrected chi connectivity index (χ2v) is 10.2. The van der Waals surface area contributed by atoms with Crippen molar-refractivity contribution in [1.29, 1.82) is 0 Å². The number of esters is 1. The normalized spacial score (nSPS) is 15.3. The van der Waals surface area contributed by atoms with Crippen molar-refractivity contribution < 1.29 is 23.9 Å². The molecule has 0 aliphatic carbocycles. The first kappa shape index (κ1) is 26.3. The van der Waals surface area contributed by atoms with Crippen molar-refractivity contribution in [2.24, 2.45) is 0 Å². The van der Waals surface area contributed by atoms with E-state index in [1.54, 1.807) is 12.1 Å². The molecule has 1 saturated heterocycles. The predicted molar refractivity (Wildman–Crippen MR) is 150 cm³/mol. The van der Waals surface area contributed by atoms with Crippen LogP contribution in [0.4, 0.5) is 4.79 Å². The lowest BCUT2D eigenvalue weighted by atomic mass is 9.75. The molecule has 4 aromatic carbocycles. The number of rotatable bonds is 9. The molecule has 4 aromatic rings. The predicted octanol–water partition coefficient (Wildman–Crippen LogP) is 5.84. The molecular formula is C32H27NO5S. The minimum Gasteiger partial charge on any atom is -0.482 e. The first-order valence-electron chi connectivity index (χ1n) is 12.5. The van der Waals surface area contributed by atoms with Crippen molar-refractivity contribution in [1.82, 2.24) is 4.90 Å². The van der Waals surface area contributed by atoms with Gasteiger partial charge in [-0.1, -0.05) is 115 Å². The minimum atomic E-state index is -1.13. The Labute approximate surface area is 231 Å². The van der Waals surface area contributed by atoms with E-state index in [1.807, 2.05) is 103 Å². The van der Waals surface area contributed by atoms with Gasteiger partial charge >= 0.3 is 5.97 Å². The zero-order valence-electron chi connectivity index (χ0n) is 21.4. The van der Waals surface area contributed by atoms with E-state index in [1.165, 1.54) is 12.0 Å². The molecule has 0 spiro atoms. The van der Waals surface area contributed by atoms with Crippen LogP contribution in [0.25, 0.3) is 0 Å². The summed E-state index contributed by atoms with van der Waals surface area (Å²) in [6.45, 7) is -0.184. The molecule has 1 fully saturated rings. The van der Waals surface area contributed by atoms with Gasteiger partial charge in [0.25, 0.3) is 5.24 Å². The number of ether oxygens (including phenoxy) is 2. The number of thioether (sulfide) groups is 1. The highest BCUT2D eigenvalue weighted by atomic mass is 32.2. The Hall–Kier alpha value is -4.36. The molecule has 1 aliphatic rings. The van der Waals surface area contributed by atoms with Gasteiger partial charge in [0.1, 0.15) is 11.3 Å². The van der Waals surface area contributed by atoms with Gasteiger partial charge in [0.15, 0.2) is 6.61 Å². The van der Waals surface area contributed by atoms with Gasteiger partial charge in [0, 0.05) is 0 Å². The quantitative estimate of drug-likeness (QED) is 0.197. The largest absolute Gasteiger partial charge is 0.482 e. The van der Waals surface area contributed by atoms with Crippen LogP contribution in [0.5, 0.6) is 5.75 Å². The minimum absolute atomic E-state index is 0.184. The van der Waals surface area contributed by atoms with E-state index >= 15 is 0 Å². The van der Waals surface area contributed by atoms with E-state index < -0.39 is 16.8 Å². The third-order valence-corrected chi connectivity index (χ3v) is 7.80. The summed E-state index contributed by atoms with van der Waals surface area (Å²) in [7, 11) is 1.30. The Balaban J connectivity index is 1.51. The number of amides is 2. The average Bonchev–Trinajstić information content (AvgIpc) is 3.27. The van der Waals surface area contributed by atoms with E-state index in [0.29, 0.717) is 12.2 Å². The van der Waals surface area contributed by atoms with Crippen LogP contribution in [0, 0.1) is 0 Å². The maximum absolute atomic E-state index is 14.2. The molecule has 0 saturated carbocycles. The summed E-state index contributed by atoms with van der Waals surface area (Å²) in [4.78, 5) is 40.7. The second-order valence-electron chi connectivity index (χ2n) is 9.07. The highest BCUT2D eigenvalue weighted by molar-refractivity contribution is 8.15. The molecular weight excluding hydrogens is 510 g/mol. The zero-order valence-corrected chi connectivity index (χ0v) is 22.2. The molecule has 0 radical (unpaired) electrons. The summed E-state index contributed by atoms with van der Waals surface area (Å²) in [6, 6.07) is 36.3. The Bertz CT molecular complexity index is 1350. The van der Waals surface area contributed by atoms with Crippen LogP contribution in [-0.2, 0) is 26.3 Å². The van der Waals surface area contributed by atoms with E-state index in [0.717, 1.165) is 34.0 Å². The van der Waals surface area contributed by atoms with Gasteiger partial charge in [-0.05, 0) is 40.8 Å². The summed E-state index contributed by atoms with van der Waals surface area (Å²) in [5, 5.41) is -0.880. The zero-order chi connectivity index (χ0) is 27.2. The van der Waals surface area contributed by atoms with Crippen molar-refractivity contribution in [3.05, 3.63) is 138 Å². The highest BCUT2D eigenvalue weighted by Gasteiger charge is 2.53. The average molecular weight is 538 g/mol. The van der Waals surface area contributed by atoms with Crippen molar-refractivity contribution in [3.63, 3.8) is 0 Å². The first-order chi connectivity index (χ1) is 19.0. The highest BCUT2D eigenvalue weighted by Crippen LogP contribution is 2.47. The Kier molecular flexibility index (Phi) is 7.79. The van der Waals surface area contributed by atoms with E-state index in [2.05, 4.69) is 4.74 Å². The molecule has 0 N–H and O–H groups in total. The van der Waals surface area contributed by atoms with E-state index in [-0.39, 0.29) is 17.8 Å². The van der Waals surface area contributed by atoms with E-state index in [4.69, 9.17) is 4.74 Å². The van der Waals surface area contributed by atoms with Gasteiger partial charge in [-0.15, -0.1) is 0 Å². The third-order valence-electron chi connectivity index (χ3n) is 6.76. The number of methoxy groups -OCH3 is 1. The van der Waals surface area contributed by atoms with Gasteiger partial charge in [-0.3, -0.25) is 14.5 Å². The molecule has 1 aliphatic heterocycles. The molecule has 196 valence electrons. The Morgan fingerprint density at radius 3 is 1.72 bits per heavy atom. The fourth-order valence-corrected chi connectivity index (χ4v) is 6.01. The van der Waals surface area contributed by atoms with Crippen LogP contribution in [-0.4, -0.2) is 41.0 Å². The Morgan fingerprint density at radius 2 is 1.26 bits per heavy atom. The van der Waals surface area contributed by atoms with Crippen LogP contribution >= 0.6 is 11.8 Å². The van der Waals surface area contributed by atoms with Gasteiger partial charge < -0.3 is 9.47 Å². The standard InChI is InChI=1S/C32H27NO5S/c1-37-29(34)22-38-27-19-17-23(18-20-27)21-28-30(35)33(31(36)39-28)32(24-11-5-2-6-12-24,25-13-7-3-8-14-25)26-15-9-4-10-16-26/h2-20,28H,21-22H2,1H3. The molecule has 7 heteroatoms. The molecule has 1 atom stereocenters. The number of benzene rings is 4. The number of nitrogens with zero attached hydrogens (tertiary/aromatic N) is 1. The van der Waals surface area contributed by atoms with Crippen molar-refractivity contribution in [3.8, 4) is 5.75 Å². The number of carbonyl (C=O) groups excluding carboxylic acids is 3. The van der Waals surface area contributed by atoms with Gasteiger partial charge in [-0.25, -0.2) is 4.79 Å².